The normalized spacial score (nSPS) is 12.5. The zero-order chi connectivity index (χ0) is 72.3. The third kappa shape index (κ3) is 83.0. The second-order valence-corrected chi connectivity index (χ2v) is 25.9. The zero-order valence-electron chi connectivity index (χ0n) is 62.9. The van der Waals surface area contributed by atoms with Crippen LogP contribution < -0.4 is 5.32 Å². The van der Waals surface area contributed by atoms with Crippen molar-refractivity contribution in [1.29, 1.82) is 0 Å². The standard InChI is InChI=1S/C73H144NO25P/c1-4-6-8-10-12-14-16-18-20-22-24-26-28-30-32-34-71(75)96-68-70(99-72(76)35-33-31-29-27-25-23-21-19-17-15-13-11-9-7-5-2)69-98-100(78,79)97-37-36-74-73(77)95-67-66-94-65-64-93-63-62-92-61-60-91-59-58-90-57-56-89-55-54-88-53-52-87-51-50-86-49-48-85-47-46-84-45-44-83-43-42-82-41-40-81-39-38-80-3/h70H,4-69H2,1-3H3,(H,74,77)(H,78,79)/t70-/m1/s1. The van der Waals surface area contributed by atoms with Gasteiger partial charge in [0.15, 0.2) is 6.10 Å². The predicted molar refractivity (Wildman–Crippen MR) is 384 cm³/mol. The van der Waals surface area contributed by atoms with Gasteiger partial charge in [-0.2, -0.15) is 0 Å². The number of alkyl carbamates (subject to hydrolysis) is 1. The number of methoxy groups -OCH3 is 1. The number of carbonyl (C=O) groups excluding carboxylic acids is 3. The minimum atomic E-state index is -4.66. The van der Waals surface area contributed by atoms with E-state index in [-0.39, 0.29) is 52.4 Å². The highest BCUT2D eigenvalue weighted by molar-refractivity contribution is 7.47. The fourth-order valence-electron chi connectivity index (χ4n) is 9.78. The maximum atomic E-state index is 12.9. The van der Waals surface area contributed by atoms with E-state index in [1.54, 1.807) is 7.11 Å². The number of amides is 1. The monoisotopic (exact) mass is 1470 g/mol. The van der Waals surface area contributed by atoms with Crippen LogP contribution in [0.2, 0.25) is 0 Å². The number of rotatable bonds is 87. The SMILES string of the molecule is CCCCCCCCCCCCCCCCCC(=O)OC[C@H](COP(=O)(O)OCCNC(=O)OCCOCCOCCOCCOCCOCCOCCOCCOCCOCCOCCOCCOCCOCCOCCOC)OC(=O)CCCCCCCCCCCCCCCCC. The predicted octanol–water partition coefficient (Wildman–Crippen LogP) is 12.7. The number of phosphoric ester groups is 1. The van der Waals surface area contributed by atoms with Crippen molar-refractivity contribution in [3.63, 3.8) is 0 Å². The first kappa shape index (κ1) is 97.7. The van der Waals surface area contributed by atoms with E-state index in [4.69, 9.17) is 94.3 Å². The van der Waals surface area contributed by atoms with E-state index in [0.717, 1.165) is 38.5 Å². The summed E-state index contributed by atoms with van der Waals surface area (Å²) in [6.45, 7) is 16.2. The van der Waals surface area contributed by atoms with E-state index in [1.807, 2.05) is 0 Å². The molecule has 0 bridgehead atoms. The summed E-state index contributed by atoms with van der Waals surface area (Å²) in [5, 5.41) is 2.43. The molecule has 0 aliphatic heterocycles. The maximum absolute atomic E-state index is 12.9. The lowest BCUT2D eigenvalue weighted by molar-refractivity contribution is -0.161. The Morgan fingerprint density at radius 2 is 0.550 bits per heavy atom. The highest BCUT2D eigenvalue weighted by Gasteiger charge is 2.26. The highest BCUT2D eigenvalue weighted by Crippen LogP contribution is 2.43. The topological polar surface area (TPSA) is 285 Å². The van der Waals surface area contributed by atoms with Gasteiger partial charge in [0.2, 0.25) is 0 Å². The molecule has 0 radical (unpaired) electrons. The van der Waals surface area contributed by atoms with Crippen LogP contribution in [0.3, 0.4) is 0 Å². The van der Waals surface area contributed by atoms with Gasteiger partial charge in [-0.3, -0.25) is 18.6 Å². The average molecular weight is 1470 g/mol. The van der Waals surface area contributed by atoms with Crippen molar-refractivity contribution >= 4 is 25.9 Å². The summed E-state index contributed by atoms with van der Waals surface area (Å²) in [5.41, 5.74) is 0. The van der Waals surface area contributed by atoms with E-state index in [0.29, 0.717) is 191 Å². The Morgan fingerprint density at radius 1 is 0.300 bits per heavy atom. The number of phosphoric acid groups is 1. The molecule has 0 aliphatic carbocycles. The number of carbonyl (C=O) groups is 3. The lowest BCUT2D eigenvalue weighted by atomic mass is 10.0. The van der Waals surface area contributed by atoms with Gasteiger partial charge in [0.25, 0.3) is 0 Å². The molecule has 26 nitrogen and oxygen atoms in total. The molecule has 100 heavy (non-hydrogen) atoms. The summed E-state index contributed by atoms with van der Waals surface area (Å²) in [4.78, 5) is 48.2. The summed E-state index contributed by atoms with van der Waals surface area (Å²) in [5.74, 6) is -0.930. The quantitative estimate of drug-likeness (QED) is 0.0248. The fraction of sp³-hybridized carbons (Fsp3) is 0.959. The van der Waals surface area contributed by atoms with Crippen LogP contribution in [0, 0.1) is 0 Å². The molecule has 0 spiro atoms. The second-order valence-electron chi connectivity index (χ2n) is 24.4. The minimum absolute atomic E-state index is 0.0341. The number of hydrogen-bond acceptors (Lipinski definition) is 24. The maximum Gasteiger partial charge on any atom is 0.472 e. The summed E-state index contributed by atoms with van der Waals surface area (Å²) >= 11 is 0. The van der Waals surface area contributed by atoms with Crippen molar-refractivity contribution in [3.8, 4) is 0 Å². The fourth-order valence-corrected chi connectivity index (χ4v) is 10.5. The Labute approximate surface area is 604 Å². The van der Waals surface area contributed by atoms with E-state index >= 15 is 0 Å². The molecule has 0 saturated carbocycles. The summed E-state index contributed by atoms with van der Waals surface area (Å²) in [6.07, 6.45) is 34.9. The van der Waals surface area contributed by atoms with E-state index < -0.39 is 38.6 Å². The van der Waals surface area contributed by atoms with Crippen molar-refractivity contribution in [3.05, 3.63) is 0 Å². The molecule has 0 aromatic rings. The molecule has 0 aromatic heterocycles. The first-order valence-electron chi connectivity index (χ1n) is 38.7. The Morgan fingerprint density at radius 3 is 0.830 bits per heavy atom. The first-order valence-corrected chi connectivity index (χ1v) is 40.2. The molecule has 27 heteroatoms. The summed E-state index contributed by atoms with van der Waals surface area (Å²) in [6, 6.07) is 0. The Kier molecular flexibility index (Phi) is 82.1. The molecule has 0 aliphatic rings. The van der Waals surface area contributed by atoms with Crippen LogP contribution in [0.5, 0.6) is 0 Å². The first-order chi connectivity index (χ1) is 49.2. The van der Waals surface area contributed by atoms with Gasteiger partial charge in [0.1, 0.15) is 13.2 Å². The van der Waals surface area contributed by atoms with Gasteiger partial charge >= 0.3 is 25.9 Å². The van der Waals surface area contributed by atoms with Crippen molar-refractivity contribution in [2.24, 2.45) is 0 Å². The summed E-state index contributed by atoms with van der Waals surface area (Å²) in [7, 11) is -3.02. The van der Waals surface area contributed by atoms with Crippen LogP contribution >= 0.6 is 7.82 Å². The highest BCUT2D eigenvalue weighted by atomic mass is 31.2. The number of ether oxygens (including phenoxy) is 18. The molecule has 1 amide bonds. The minimum Gasteiger partial charge on any atom is -0.462 e. The second kappa shape index (κ2) is 84.0. The van der Waals surface area contributed by atoms with Crippen molar-refractivity contribution in [2.75, 3.05) is 232 Å². The van der Waals surface area contributed by atoms with Gasteiger partial charge in [0.05, 0.1) is 205 Å². The molecule has 2 N–H and O–H groups in total. The molecule has 596 valence electrons. The lowest BCUT2D eigenvalue weighted by Gasteiger charge is -2.20. The van der Waals surface area contributed by atoms with Crippen molar-refractivity contribution < 1.29 is 118 Å². The molecule has 0 aromatic carbocycles. The van der Waals surface area contributed by atoms with Gasteiger partial charge in [0, 0.05) is 26.5 Å². The van der Waals surface area contributed by atoms with Crippen LogP contribution in [0.1, 0.15) is 219 Å². The Bertz CT molecular complexity index is 1700. The van der Waals surface area contributed by atoms with Crippen LogP contribution in [-0.2, 0) is 108 Å². The third-order valence-electron chi connectivity index (χ3n) is 15.5. The van der Waals surface area contributed by atoms with Gasteiger partial charge in [-0.25, -0.2) is 9.36 Å². The van der Waals surface area contributed by atoms with Crippen LogP contribution in [-0.4, -0.2) is 261 Å². The largest absolute Gasteiger partial charge is 0.472 e. The van der Waals surface area contributed by atoms with Crippen molar-refractivity contribution in [2.45, 2.75) is 225 Å². The molecule has 2 atom stereocenters. The molecule has 0 rings (SSSR count). The van der Waals surface area contributed by atoms with Gasteiger partial charge in [-0.1, -0.05) is 194 Å². The van der Waals surface area contributed by atoms with Crippen molar-refractivity contribution in [1.82, 2.24) is 5.32 Å². The molecule has 0 fully saturated rings. The molecular weight excluding hydrogens is 1320 g/mol. The zero-order valence-corrected chi connectivity index (χ0v) is 63.8. The van der Waals surface area contributed by atoms with E-state index in [9.17, 15) is 23.8 Å². The van der Waals surface area contributed by atoms with Crippen LogP contribution in [0.15, 0.2) is 0 Å². The molecular formula is C73H144NO25P. The van der Waals surface area contributed by atoms with Gasteiger partial charge < -0.3 is 95.5 Å². The van der Waals surface area contributed by atoms with Gasteiger partial charge in [-0.15, -0.1) is 0 Å². The average Bonchev–Trinajstić information content (AvgIpc) is 1.04. The van der Waals surface area contributed by atoms with Crippen LogP contribution in [0.25, 0.3) is 0 Å². The number of nitrogens with one attached hydrogen (secondary N) is 1. The van der Waals surface area contributed by atoms with Gasteiger partial charge in [-0.05, 0) is 12.8 Å². The number of hydrogen-bond donors (Lipinski definition) is 2. The lowest BCUT2D eigenvalue weighted by Crippen LogP contribution is -2.30. The van der Waals surface area contributed by atoms with Crippen LogP contribution in [0.4, 0.5) is 4.79 Å². The molecule has 0 saturated heterocycles. The Hall–Kier alpha value is -2.28. The summed E-state index contributed by atoms with van der Waals surface area (Å²) < 4.78 is 121. The smallest absolute Gasteiger partial charge is 0.462 e. The molecule has 0 heterocycles. The van der Waals surface area contributed by atoms with E-state index in [2.05, 4.69) is 19.2 Å². The Balaban J connectivity index is 3.94. The number of unbranched alkanes of at least 4 members (excludes halogenated alkanes) is 28. The third-order valence-corrected chi connectivity index (χ3v) is 16.5. The van der Waals surface area contributed by atoms with E-state index in [1.165, 1.54) is 141 Å². The number of esters is 2. The molecule has 1 unspecified atom stereocenters.